The summed E-state index contributed by atoms with van der Waals surface area (Å²) in [5, 5.41) is 0. The molecule has 1 aromatic carbocycles. The zero-order valence-corrected chi connectivity index (χ0v) is 9.10. The van der Waals surface area contributed by atoms with Crippen molar-refractivity contribution < 1.29 is 0 Å². The highest BCUT2D eigenvalue weighted by molar-refractivity contribution is 9.10. The van der Waals surface area contributed by atoms with E-state index in [0.29, 0.717) is 0 Å². The van der Waals surface area contributed by atoms with Crippen molar-refractivity contribution in [1.29, 1.82) is 0 Å². The molecule has 0 saturated carbocycles. The van der Waals surface area contributed by atoms with Crippen LogP contribution in [0.2, 0.25) is 0 Å². The zero-order valence-electron chi connectivity index (χ0n) is 6.70. The Labute approximate surface area is 88.7 Å². The van der Waals surface area contributed by atoms with Gasteiger partial charge in [0, 0.05) is 10.0 Å². The second kappa shape index (κ2) is 3.47. The minimum atomic E-state index is 0.733. The van der Waals surface area contributed by atoms with Gasteiger partial charge in [-0.15, -0.1) is 0 Å². The Hall–Kier alpha value is -0.870. The minimum absolute atomic E-state index is 0.733. The van der Waals surface area contributed by atoms with Crippen molar-refractivity contribution in [3.8, 4) is 10.4 Å². The van der Waals surface area contributed by atoms with Crippen LogP contribution in [0.5, 0.6) is 0 Å². The third-order valence-electron chi connectivity index (χ3n) is 1.72. The number of nitrogens with two attached hydrogens (primary N) is 1. The molecule has 0 atom stereocenters. The molecule has 2 N–H and O–H groups in total. The molecule has 0 saturated heterocycles. The highest BCUT2D eigenvalue weighted by Gasteiger charge is 2.07. The normalized spacial score (nSPS) is 10.2. The molecule has 2 aromatic rings. The lowest BCUT2D eigenvalue weighted by Crippen LogP contribution is -1.84. The van der Waals surface area contributed by atoms with E-state index in [2.05, 4.69) is 20.3 Å². The van der Waals surface area contributed by atoms with Crippen molar-refractivity contribution >= 4 is 33.1 Å². The van der Waals surface area contributed by atoms with Gasteiger partial charge in [-0.25, -0.2) is 0 Å². The van der Waals surface area contributed by atoms with Gasteiger partial charge in [0.05, 0.1) is 16.8 Å². The monoisotopic (exact) mass is 254 g/mol. The SMILES string of the molecule is Nc1cnsc1-c1ccccc1Br. The maximum Gasteiger partial charge on any atom is 0.0790 e. The quantitative estimate of drug-likeness (QED) is 0.850. The van der Waals surface area contributed by atoms with Crippen molar-refractivity contribution in [2.75, 3.05) is 5.73 Å². The van der Waals surface area contributed by atoms with Gasteiger partial charge in [0.15, 0.2) is 0 Å². The van der Waals surface area contributed by atoms with Crippen LogP contribution in [0.3, 0.4) is 0 Å². The van der Waals surface area contributed by atoms with Crippen molar-refractivity contribution in [2.45, 2.75) is 0 Å². The standard InChI is InChI=1S/C9H7BrN2S/c10-7-4-2-1-3-6(7)9-8(11)5-12-13-9/h1-5H,11H2. The molecule has 0 aliphatic rings. The van der Waals surface area contributed by atoms with Crippen LogP contribution >= 0.6 is 27.5 Å². The molecule has 4 heteroatoms. The average molecular weight is 255 g/mol. The van der Waals surface area contributed by atoms with Crippen LogP contribution in [0.1, 0.15) is 0 Å². The molecule has 0 unspecified atom stereocenters. The fourth-order valence-corrected chi connectivity index (χ4v) is 2.42. The first kappa shape index (κ1) is 8.72. The molecule has 2 rings (SSSR count). The van der Waals surface area contributed by atoms with Gasteiger partial charge in [0.25, 0.3) is 0 Å². The minimum Gasteiger partial charge on any atom is -0.396 e. The predicted octanol–water partition coefficient (Wildman–Crippen LogP) is 3.15. The largest absolute Gasteiger partial charge is 0.396 e. The van der Waals surface area contributed by atoms with Gasteiger partial charge in [-0.3, -0.25) is 0 Å². The van der Waals surface area contributed by atoms with E-state index in [1.165, 1.54) is 11.5 Å². The number of aromatic nitrogens is 1. The molecule has 0 radical (unpaired) electrons. The lowest BCUT2D eigenvalue weighted by molar-refractivity contribution is 1.57. The van der Waals surface area contributed by atoms with Gasteiger partial charge in [-0.2, -0.15) is 4.37 Å². The first-order valence-corrected chi connectivity index (χ1v) is 5.30. The lowest BCUT2D eigenvalue weighted by atomic mass is 10.2. The molecule has 0 amide bonds. The molecule has 0 aliphatic heterocycles. The number of halogens is 1. The topological polar surface area (TPSA) is 38.9 Å². The number of nitrogen functional groups attached to an aromatic ring is 1. The Morgan fingerprint density at radius 1 is 1.31 bits per heavy atom. The summed E-state index contributed by atoms with van der Waals surface area (Å²) in [5.74, 6) is 0. The van der Waals surface area contributed by atoms with Crippen LogP contribution in [0.15, 0.2) is 34.9 Å². The van der Waals surface area contributed by atoms with Gasteiger partial charge in [0.2, 0.25) is 0 Å². The summed E-state index contributed by atoms with van der Waals surface area (Å²) in [4.78, 5) is 1.02. The summed E-state index contributed by atoms with van der Waals surface area (Å²) in [6, 6.07) is 7.98. The molecule has 0 bridgehead atoms. The molecular weight excluding hydrogens is 248 g/mol. The Morgan fingerprint density at radius 2 is 2.08 bits per heavy atom. The third-order valence-corrected chi connectivity index (χ3v) is 3.26. The third kappa shape index (κ3) is 1.59. The van der Waals surface area contributed by atoms with Gasteiger partial charge in [-0.05, 0) is 17.6 Å². The van der Waals surface area contributed by atoms with Gasteiger partial charge in [0.1, 0.15) is 0 Å². The maximum absolute atomic E-state index is 5.77. The average Bonchev–Trinajstić information content (AvgIpc) is 2.52. The number of rotatable bonds is 1. The second-order valence-electron chi connectivity index (χ2n) is 2.59. The van der Waals surface area contributed by atoms with Gasteiger partial charge >= 0.3 is 0 Å². The van der Waals surface area contributed by atoms with Crippen molar-refractivity contribution in [3.05, 3.63) is 34.9 Å². The maximum atomic E-state index is 5.77. The van der Waals surface area contributed by atoms with E-state index in [1.54, 1.807) is 6.20 Å². The fourth-order valence-electron chi connectivity index (χ4n) is 1.10. The number of hydrogen-bond donors (Lipinski definition) is 1. The van der Waals surface area contributed by atoms with Gasteiger partial charge in [-0.1, -0.05) is 34.1 Å². The Kier molecular flexibility index (Phi) is 2.33. The van der Waals surface area contributed by atoms with Crippen LogP contribution in [0.4, 0.5) is 5.69 Å². The van der Waals surface area contributed by atoms with E-state index >= 15 is 0 Å². The summed E-state index contributed by atoms with van der Waals surface area (Å²) in [7, 11) is 0. The lowest BCUT2D eigenvalue weighted by Gasteiger charge is -2.00. The molecule has 66 valence electrons. The fraction of sp³-hybridized carbons (Fsp3) is 0. The molecule has 13 heavy (non-hydrogen) atoms. The zero-order chi connectivity index (χ0) is 9.26. The molecule has 1 heterocycles. The summed E-state index contributed by atoms with van der Waals surface area (Å²) in [6.07, 6.45) is 1.68. The smallest absolute Gasteiger partial charge is 0.0790 e. The molecule has 1 aromatic heterocycles. The highest BCUT2D eigenvalue weighted by Crippen LogP contribution is 2.34. The number of anilines is 1. The summed E-state index contributed by atoms with van der Waals surface area (Å²) in [5.41, 5.74) is 7.60. The van der Waals surface area contributed by atoms with E-state index in [1.807, 2.05) is 24.3 Å². The molecule has 0 spiro atoms. The Morgan fingerprint density at radius 3 is 2.69 bits per heavy atom. The predicted molar refractivity (Wildman–Crippen MR) is 59.7 cm³/mol. The second-order valence-corrected chi connectivity index (χ2v) is 4.25. The first-order chi connectivity index (χ1) is 6.29. The number of hydrogen-bond acceptors (Lipinski definition) is 3. The van der Waals surface area contributed by atoms with E-state index < -0.39 is 0 Å². The van der Waals surface area contributed by atoms with Crippen LogP contribution < -0.4 is 5.73 Å². The van der Waals surface area contributed by atoms with Crippen LogP contribution in [-0.2, 0) is 0 Å². The van der Waals surface area contributed by atoms with Crippen LogP contribution in [0, 0.1) is 0 Å². The molecule has 0 fully saturated rings. The van der Waals surface area contributed by atoms with Crippen molar-refractivity contribution in [2.24, 2.45) is 0 Å². The number of benzene rings is 1. The van der Waals surface area contributed by atoms with E-state index in [9.17, 15) is 0 Å². The Bertz CT molecular complexity index is 425. The van der Waals surface area contributed by atoms with E-state index in [4.69, 9.17) is 5.73 Å². The summed E-state index contributed by atoms with van der Waals surface area (Å²) < 4.78 is 5.08. The molecular formula is C9H7BrN2S. The summed E-state index contributed by atoms with van der Waals surface area (Å²) in [6.45, 7) is 0. The Balaban J connectivity index is 2.59. The highest BCUT2D eigenvalue weighted by atomic mass is 79.9. The molecule has 0 aliphatic carbocycles. The van der Waals surface area contributed by atoms with Gasteiger partial charge < -0.3 is 5.73 Å². The number of nitrogens with zero attached hydrogens (tertiary/aromatic N) is 1. The van der Waals surface area contributed by atoms with E-state index in [-0.39, 0.29) is 0 Å². The van der Waals surface area contributed by atoms with Crippen molar-refractivity contribution in [1.82, 2.24) is 4.37 Å². The van der Waals surface area contributed by atoms with Crippen LogP contribution in [0.25, 0.3) is 10.4 Å². The van der Waals surface area contributed by atoms with E-state index in [0.717, 1.165) is 20.6 Å². The summed E-state index contributed by atoms with van der Waals surface area (Å²) >= 11 is 4.89. The molecule has 2 nitrogen and oxygen atoms in total. The van der Waals surface area contributed by atoms with Crippen LogP contribution in [-0.4, -0.2) is 4.37 Å². The first-order valence-electron chi connectivity index (χ1n) is 3.74. The van der Waals surface area contributed by atoms with Crippen molar-refractivity contribution in [3.63, 3.8) is 0 Å².